The van der Waals surface area contributed by atoms with Gasteiger partial charge in [0.1, 0.15) is 18.2 Å². The van der Waals surface area contributed by atoms with E-state index in [9.17, 15) is 26.4 Å². The number of benzene rings is 6. The number of piperidine rings is 6. The third-order valence-electron chi connectivity index (χ3n) is 39.2. The van der Waals surface area contributed by atoms with Crippen molar-refractivity contribution in [3.05, 3.63) is 193 Å². The van der Waals surface area contributed by atoms with Crippen molar-refractivity contribution in [3.8, 4) is 11.5 Å². The van der Waals surface area contributed by atoms with Crippen LogP contribution >= 0.6 is 0 Å². The van der Waals surface area contributed by atoms with Crippen LogP contribution in [-0.2, 0) is 97.3 Å². The van der Waals surface area contributed by atoms with Crippen LogP contribution in [0.5, 0.6) is 11.5 Å². The van der Waals surface area contributed by atoms with Gasteiger partial charge in [-0.25, -0.2) is 4.85 Å². The molecule has 22 heteroatoms. The molecule has 6 aromatic carbocycles. The molecule has 8 N–H and O–H groups in total. The minimum atomic E-state index is -5.66. The van der Waals surface area contributed by atoms with E-state index in [1.54, 1.807) is 22.8 Å². The van der Waals surface area contributed by atoms with Crippen molar-refractivity contribution < 1.29 is 45.2 Å². The number of anilines is 2. The van der Waals surface area contributed by atoms with Gasteiger partial charge < -0.3 is 30.8 Å². The molecule has 6 unspecified atom stereocenters. The maximum absolute atomic E-state index is 12.6. The van der Waals surface area contributed by atoms with E-state index in [0.717, 1.165) is 126 Å². The second kappa shape index (κ2) is 39.1. The van der Waals surface area contributed by atoms with Gasteiger partial charge in [-0.1, -0.05) is 144 Å². The first-order chi connectivity index (χ1) is 65.0. The average Bonchev–Trinajstić information content (AvgIpc) is 1.71. The monoisotopic (exact) mass is 1880 g/mol. The fourth-order valence-electron chi connectivity index (χ4n) is 28.2. The van der Waals surface area contributed by atoms with Crippen molar-refractivity contribution in [2.75, 3.05) is 96.3 Å². The molecule has 6 saturated heterocycles. The molecule has 18 atom stereocenters. The Morgan fingerprint density at radius 2 is 0.699 bits per heavy atom. The third-order valence-corrected chi connectivity index (χ3v) is 40.2. The number of nitrogens with two attached hydrogens (primary N) is 3. The molecule has 18 aliphatic rings. The summed E-state index contributed by atoms with van der Waals surface area (Å²) < 4.78 is 70.5. The lowest BCUT2D eigenvalue weighted by Crippen LogP contribution is -2.58. The number of likely N-dealkylation sites (tertiary alicyclic amines) is 6. The highest BCUT2D eigenvalue weighted by Crippen LogP contribution is 2.58. The van der Waals surface area contributed by atoms with Gasteiger partial charge in [-0.2, -0.15) is 21.6 Å². The van der Waals surface area contributed by atoms with Crippen LogP contribution in [-0.4, -0.2) is 183 Å². The zero-order chi connectivity index (χ0) is 96.1. The van der Waals surface area contributed by atoms with Gasteiger partial charge >= 0.3 is 15.6 Å². The van der Waals surface area contributed by atoms with Gasteiger partial charge in [0, 0.05) is 93.4 Å². The second-order valence-corrected chi connectivity index (χ2v) is 48.8. The first-order valence-electron chi connectivity index (χ1n) is 52.7. The Morgan fingerprint density at radius 1 is 0.419 bits per heavy atom. The van der Waals surface area contributed by atoms with Crippen LogP contribution in [0.15, 0.2) is 109 Å². The van der Waals surface area contributed by atoms with Crippen molar-refractivity contribution in [2.45, 2.75) is 318 Å². The molecule has 18 nitrogen and oxygen atoms in total. The molecule has 6 aromatic rings. The van der Waals surface area contributed by atoms with Crippen molar-refractivity contribution in [1.82, 2.24) is 29.4 Å². The maximum atomic E-state index is 12.6. The number of hydrogen-bond acceptors (Lipinski definition) is 15. The number of carboxylic acid groups (broad SMARTS) is 1. The van der Waals surface area contributed by atoms with Crippen LogP contribution in [0.1, 0.15) is 271 Å². The summed E-state index contributed by atoms with van der Waals surface area (Å²) in [5.41, 5.74) is 34.5. The number of amides is 1. The first-order valence-corrected chi connectivity index (χ1v) is 54.1. The van der Waals surface area contributed by atoms with E-state index in [1.165, 1.54) is 263 Å². The number of nitrogens with one attached hydrogen (secondary N) is 1. The minimum absolute atomic E-state index is 0.195. The molecular formula is C114H158F3N11O7S. The Bertz CT molecular complexity index is 5470. The number of carbonyl (C=O) groups excluding carboxylic acids is 1. The lowest BCUT2D eigenvalue weighted by molar-refractivity contribution is -0.122. The number of halogens is 3. The lowest BCUT2D eigenvalue weighted by atomic mass is 9.59. The highest BCUT2D eigenvalue weighted by molar-refractivity contribution is 7.88. The summed E-state index contributed by atoms with van der Waals surface area (Å²) in [4.78, 5) is 39.2. The van der Waals surface area contributed by atoms with Crippen molar-refractivity contribution in [3.63, 3.8) is 0 Å². The highest BCUT2D eigenvalue weighted by atomic mass is 32.2. The molecule has 24 rings (SSSR count). The number of ether oxygens (including phenoxy) is 1. The number of rotatable bonds is 19. The number of alkyl halides is 3. The van der Waals surface area contributed by atoms with Crippen LogP contribution < -0.4 is 31.4 Å². The van der Waals surface area contributed by atoms with Crippen LogP contribution in [0, 0.1) is 77.6 Å². The standard InChI is InChI=1S/C19H24F3NO3S.C19H28N2O.C19H26N2O.C19H24N2.C19H28N2.C18H26N2.CH2O2/c1-12-17-9-14-5-6-15(26-27(24,25)19(20,21)22)10-16(14)18(12,2)7-8-23(17)11-13-3-4-13;1-13-18-9-15-5-6-16(22-12-20)10-17(15)19(13,2)7-8-21(18)11-14-3-4-14;1-13-18-9-15-5-6-16(20-12-22)10-17(15)19(13,2)7-8-21(18)11-14-3-4-14;1-13-18-10-15-6-7-16(20-3)11-17(15)19(13,2)8-9-21(18)12-14-4-5-14;1-13-18-10-16-6-5-15(11-20)9-17(16)19(13,2)7-8-21(18)12-14-3-4-14;1-12-17-9-14-5-6-15(19)10-16(14)18(12,2)7-8-20(17)11-13-3-4-13;2-1-3/h5-6,10,12-13,17H,3-4,7-9,11H2,1-2H3;5-6,10,13-14,18H,3-4,7-9,11-12,20H2,1-2H3;5-6,10,12-14,18H,3-4,7-9,11H2,1-2H3,(H,20,22);6-7,11,13-14,18H,4-5,8-10,12H2,1-2H3;5-6,9,13-14,18H,3-4,7-8,10-12,20H2,1-2H3;5-6,10,12-13,17H,3-4,7-9,11,19H2,1-2H3;1H,(H,2,3)/t12-,17?,18-;4*13-,18?,19-;12-,17?,18-;/m000000./s1. The molecule has 0 radical (unpaired) electrons. The summed E-state index contributed by atoms with van der Waals surface area (Å²) in [5.74, 6) is 10.3. The van der Waals surface area contributed by atoms with Crippen LogP contribution in [0.2, 0.25) is 0 Å². The SMILES string of the molecule is C[C@H]1C2Cc3ccc(CN)cc3[C@@]1(C)CCN2CC1CC1.C[C@H]1C2Cc3ccc(N)cc3[C@@]1(C)CCN2CC1CC1.C[C@H]1C2Cc3ccc(NC=O)cc3[C@@]1(C)CCN2CC1CC1.C[C@H]1C2Cc3ccc(OCN)cc3[C@@]1(C)CCN2CC1CC1.C[C@H]1C2Cc3ccc(OS(=O)(=O)C(F)(F)F)cc3[C@@]1(C)CCN2CC1CC1.O=CO.[C-]#[N+]c1ccc2c(c1)[C@@]1(C)CCN(CC3CC3)C(C2)[C@@H]1C. The summed E-state index contributed by atoms with van der Waals surface area (Å²) in [7, 11) is -5.66. The highest BCUT2D eigenvalue weighted by Gasteiger charge is 2.57. The molecule has 0 spiro atoms. The normalized spacial score (nSPS) is 33.7. The fourth-order valence-corrected chi connectivity index (χ4v) is 28.6. The Balaban J connectivity index is 0.000000108. The molecule has 12 fully saturated rings. The number of fused-ring (bicyclic) bond motifs is 24. The Kier molecular flexibility index (Phi) is 28.4. The lowest BCUT2D eigenvalue weighted by Gasteiger charge is -2.55. The van der Waals surface area contributed by atoms with Crippen LogP contribution in [0.25, 0.3) is 4.85 Å². The molecule has 6 saturated carbocycles. The van der Waals surface area contributed by atoms with E-state index in [2.05, 4.69) is 206 Å². The number of carbonyl (C=O) groups is 2. The summed E-state index contributed by atoms with van der Waals surface area (Å²) in [6.45, 7) is 51.9. The van der Waals surface area contributed by atoms with Gasteiger partial charge in [0.25, 0.3) is 6.47 Å². The van der Waals surface area contributed by atoms with Gasteiger partial charge in [-0.3, -0.25) is 44.7 Å². The molecule has 1 amide bonds. The molecule has 12 aliphatic carbocycles. The summed E-state index contributed by atoms with van der Waals surface area (Å²) in [6.07, 6.45) is 32.0. The van der Waals surface area contributed by atoms with E-state index in [-0.39, 0.29) is 40.6 Å². The third kappa shape index (κ3) is 19.9. The van der Waals surface area contributed by atoms with E-state index in [4.69, 9.17) is 38.4 Å². The van der Waals surface area contributed by atoms with Crippen molar-refractivity contribution >= 4 is 40.1 Å². The van der Waals surface area contributed by atoms with E-state index >= 15 is 0 Å². The summed E-state index contributed by atoms with van der Waals surface area (Å²) in [5, 5.41) is 9.70. The summed E-state index contributed by atoms with van der Waals surface area (Å²) in [6, 6.07) is 41.7. The number of nitrogen functional groups attached to an aromatic ring is 1. The smallest absolute Gasteiger partial charge is 0.483 e. The van der Waals surface area contributed by atoms with Gasteiger partial charge in [-0.15, -0.1) is 0 Å². The zero-order valence-corrected chi connectivity index (χ0v) is 84.4. The molecule has 12 bridgehead atoms. The molecule has 738 valence electrons. The largest absolute Gasteiger partial charge is 0.534 e. The van der Waals surface area contributed by atoms with Crippen molar-refractivity contribution in [2.24, 2.45) is 82.5 Å². The van der Waals surface area contributed by atoms with Crippen LogP contribution in [0.3, 0.4) is 0 Å². The van der Waals surface area contributed by atoms with Gasteiger partial charge in [0.15, 0.2) is 5.69 Å². The fraction of sp³-hybridized carbons (Fsp3) is 0.658. The average molecular weight is 1880 g/mol. The van der Waals surface area contributed by atoms with Gasteiger partial charge in [-0.05, 0) is 418 Å². The minimum Gasteiger partial charge on any atom is -0.483 e. The van der Waals surface area contributed by atoms with E-state index in [1.807, 2.05) is 12.1 Å². The quantitative estimate of drug-likeness (QED) is 0.0127. The maximum Gasteiger partial charge on any atom is 0.534 e. The molecule has 6 heterocycles. The van der Waals surface area contributed by atoms with Gasteiger partial charge in [0.2, 0.25) is 6.41 Å². The van der Waals surface area contributed by atoms with E-state index in [0.29, 0.717) is 65.2 Å². The van der Waals surface area contributed by atoms with Gasteiger partial charge in [0.05, 0.1) is 6.57 Å². The molecule has 6 aliphatic heterocycles. The topological polar surface area (TPSA) is 221 Å². The molecule has 0 aromatic heterocycles. The predicted molar refractivity (Wildman–Crippen MR) is 538 cm³/mol. The number of hydrogen-bond donors (Lipinski definition) is 5. The first kappa shape index (κ1) is 98.7. The van der Waals surface area contributed by atoms with Crippen molar-refractivity contribution in [1.29, 1.82) is 0 Å². The molecule has 136 heavy (non-hydrogen) atoms. The van der Waals surface area contributed by atoms with Crippen LogP contribution in [0.4, 0.5) is 30.2 Å². The predicted octanol–water partition coefficient (Wildman–Crippen LogP) is 20.1. The Hall–Kier alpha value is -7.43. The second-order valence-electron chi connectivity index (χ2n) is 47.2. The Labute approximate surface area is 811 Å². The number of nitrogens with zero attached hydrogens (tertiary/aromatic N) is 7. The Morgan fingerprint density at radius 3 is 1.01 bits per heavy atom. The zero-order valence-electron chi connectivity index (χ0n) is 83.6. The summed E-state index contributed by atoms with van der Waals surface area (Å²) >= 11 is 0. The van der Waals surface area contributed by atoms with E-state index < -0.39 is 15.6 Å². The molecular weight excluding hydrogens is 1720 g/mol.